The van der Waals surface area contributed by atoms with E-state index in [1.54, 1.807) is 5.57 Å². The number of ether oxygens (including phenoxy) is 1. The molecule has 25 heavy (non-hydrogen) atoms. The van der Waals surface area contributed by atoms with Gasteiger partial charge in [-0.25, -0.2) is 0 Å². The highest BCUT2D eigenvalue weighted by Gasteiger charge is 2.67. The summed E-state index contributed by atoms with van der Waals surface area (Å²) >= 11 is 0. The second-order valence-corrected chi connectivity index (χ2v) is 8.55. The minimum atomic E-state index is -0.199. The molecule has 5 rings (SSSR count). The Morgan fingerprint density at radius 1 is 1.24 bits per heavy atom. The number of fused-ring (bicyclic) bond motifs is 6. The van der Waals surface area contributed by atoms with Gasteiger partial charge in [-0.2, -0.15) is 0 Å². The van der Waals surface area contributed by atoms with E-state index in [1.807, 2.05) is 0 Å². The van der Waals surface area contributed by atoms with E-state index in [9.17, 15) is 0 Å². The predicted molar refractivity (Wildman–Crippen MR) is 101 cm³/mol. The van der Waals surface area contributed by atoms with E-state index in [2.05, 4.69) is 62.1 Å². The van der Waals surface area contributed by atoms with Crippen molar-refractivity contribution in [2.75, 3.05) is 4.90 Å². The zero-order chi connectivity index (χ0) is 17.4. The van der Waals surface area contributed by atoms with Gasteiger partial charge in [0.2, 0.25) is 0 Å². The van der Waals surface area contributed by atoms with E-state index in [-0.39, 0.29) is 17.2 Å². The van der Waals surface area contributed by atoms with Crippen molar-refractivity contribution in [3.63, 3.8) is 0 Å². The Bertz CT molecular complexity index is 795. The third-order valence-corrected chi connectivity index (χ3v) is 7.52. The molecule has 0 radical (unpaired) electrons. The molecule has 1 fully saturated rings. The van der Waals surface area contributed by atoms with Crippen molar-refractivity contribution >= 4 is 5.69 Å². The van der Waals surface area contributed by atoms with E-state index in [0.717, 1.165) is 18.6 Å². The minimum absolute atomic E-state index is 0.0111. The smallest absolute Gasteiger partial charge is 0.124 e. The zero-order valence-electron chi connectivity index (χ0n) is 15.5. The van der Waals surface area contributed by atoms with Crippen LogP contribution in [0.4, 0.5) is 5.69 Å². The van der Waals surface area contributed by atoms with Gasteiger partial charge in [0.25, 0.3) is 0 Å². The zero-order valence-corrected chi connectivity index (χ0v) is 15.5. The normalized spacial score (nSPS) is 39.4. The lowest BCUT2D eigenvalue weighted by Crippen LogP contribution is -2.64. The van der Waals surface area contributed by atoms with Crippen molar-refractivity contribution in [1.82, 2.24) is 0 Å². The number of hydrogen-bond acceptors (Lipinski definition) is 3. The van der Waals surface area contributed by atoms with Crippen LogP contribution in [-0.4, -0.2) is 17.8 Å². The molecule has 3 heteroatoms. The first-order chi connectivity index (χ1) is 12.0. The average molecular weight is 336 g/mol. The lowest BCUT2D eigenvalue weighted by molar-refractivity contribution is -0.0803. The van der Waals surface area contributed by atoms with Gasteiger partial charge in [-0.1, -0.05) is 24.3 Å². The molecule has 5 atom stereocenters. The van der Waals surface area contributed by atoms with E-state index in [1.165, 1.54) is 24.1 Å². The maximum Gasteiger partial charge on any atom is 0.124 e. The van der Waals surface area contributed by atoms with Crippen molar-refractivity contribution < 1.29 is 4.74 Å². The Morgan fingerprint density at radius 3 is 2.84 bits per heavy atom. The lowest BCUT2D eigenvalue weighted by Gasteiger charge is -2.54. The van der Waals surface area contributed by atoms with E-state index in [0.29, 0.717) is 12.0 Å². The summed E-state index contributed by atoms with van der Waals surface area (Å²) in [5.41, 5.74) is 10.5. The summed E-state index contributed by atoms with van der Waals surface area (Å²) in [5, 5.41) is 0. The second-order valence-electron chi connectivity index (χ2n) is 8.55. The van der Waals surface area contributed by atoms with Gasteiger partial charge in [-0.05, 0) is 69.7 Å². The minimum Gasteiger partial charge on any atom is -0.486 e. The molecule has 2 aliphatic heterocycles. The summed E-state index contributed by atoms with van der Waals surface area (Å²) in [5.74, 6) is 1.67. The number of hydrogen-bond donors (Lipinski definition) is 1. The van der Waals surface area contributed by atoms with Gasteiger partial charge >= 0.3 is 0 Å². The van der Waals surface area contributed by atoms with Crippen LogP contribution in [0.2, 0.25) is 0 Å². The van der Waals surface area contributed by atoms with Crippen molar-refractivity contribution in [3.8, 4) is 0 Å². The van der Waals surface area contributed by atoms with Crippen LogP contribution in [0.25, 0.3) is 0 Å². The van der Waals surface area contributed by atoms with E-state index < -0.39 is 0 Å². The first kappa shape index (κ1) is 15.5. The summed E-state index contributed by atoms with van der Waals surface area (Å²) in [4.78, 5) is 2.45. The fraction of sp³-hybridized carbons (Fsp3) is 0.545. The molecule has 2 aliphatic carbocycles. The molecule has 0 saturated heterocycles. The molecule has 5 unspecified atom stereocenters. The summed E-state index contributed by atoms with van der Waals surface area (Å²) in [6.07, 6.45) is 9.17. The topological polar surface area (TPSA) is 38.5 Å². The number of para-hydroxylation sites is 1. The molecule has 132 valence electrons. The predicted octanol–water partition coefficient (Wildman–Crippen LogP) is 4.24. The maximum absolute atomic E-state index is 6.78. The third kappa shape index (κ3) is 1.70. The molecule has 1 aromatic rings. The van der Waals surface area contributed by atoms with Crippen LogP contribution in [0.3, 0.4) is 0 Å². The average Bonchev–Trinajstić information content (AvgIpc) is 3.05. The second kappa shape index (κ2) is 4.91. The fourth-order valence-electron chi connectivity index (χ4n) is 6.27. The van der Waals surface area contributed by atoms with Crippen molar-refractivity contribution in [2.45, 2.75) is 69.7 Å². The quantitative estimate of drug-likeness (QED) is 0.833. The summed E-state index contributed by atoms with van der Waals surface area (Å²) in [6.45, 7) is 6.89. The van der Waals surface area contributed by atoms with Crippen LogP contribution in [0.5, 0.6) is 0 Å². The number of nitrogens with two attached hydrogens (primary N) is 1. The molecule has 0 spiro atoms. The third-order valence-electron chi connectivity index (χ3n) is 7.52. The van der Waals surface area contributed by atoms with Gasteiger partial charge in [0.05, 0.1) is 11.6 Å². The van der Waals surface area contributed by atoms with Crippen LogP contribution in [0.15, 0.2) is 47.7 Å². The Kier molecular flexibility index (Phi) is 3.05. The van der Waals surface area contributed by atoms with Gasteiger partial charge in [-0.15, -0.1) is 0 Å². The molecule has 4 aliphatic rings. The van der Waals surface area contributed by atoms with Gasteiger partial charge in [0.15, 0.2) is 0 Å². The number of allylic oxidation sites excluding steroid dienone is 2. The van der Waals surface area contributed by atoms with Crippen molar-refractivity contribution in [2.24, 2.45) is 11.7 Å². The highest BCUT2D eigenvalue weighted by atomic mass is 16.5. The van der Waals surface area contributed by atoms with Crippen LogP contribution in [-0.2, 0) is 10.2 Å². The Balaban J connectivity index is 1.69. The lowest BCUT2D eigenvalue weighted by atomic mass is 9.55. The highest BCUT2D eigenvalue weighted by Crippen LogP contribution is 2.64. The SMILES string of the molecule is CC(N)N1c2ccccc2C2(C)C1CCC1C3=C(C=CCC3)OC12C. The Labute approximate surface area is 150 Å². The number of nitrogens with zero attached hydrogens (tertiary/aromatic N) is 1. The molecule has 2 N–H and O–H groups in total. The number of anilines is 1. The number of benzene rings is 1. The molecule has 1 aromatic carbocycles. The van der Waals surface area contributed by atoms with Crippen molar-refractivity contribution in [3.05, 3.63) is 53.3 Å². The van der Waals surface area contributed by atoms with Crippen molar-refractivity contribution in [1.29, 1.82) is 0 Å². The monoisotopic (exact) mass is 336 g/mol. The largest absolute Gasteiger partial charge is 0.486 e. The van der Waals surface area contributed by atoms with E-state index in [4.69, 9.17) is 10.5 Å². The maximum atomic E-state index is 6.78. The molecule has 2 heterocycles. The molecule has 1 saturated carbocycles. The summed E-state index contributed by atoms with van der Waals surface area (Å²) in [6, 6.07) is 9.24. The van der Waals surface area contributed by atoms with Gasteiger partial charge < -0.3 is 15.4 Å². The first-order valence-corrected chi connectivity index (χ1v) is 9.70. The van der Waals surface area contributed by atoms with Crippen LogP contribution in [0, 0.1) is 5.92 Å². The van der Waals surface area contributed by atoms with Crippen LogP contribution in [0.1, 0.15) is 52.0 Å². The number of rotatable bonds is 1. The molecule has 0 aromatic heterocycles. The molecule has 3 nitrogen and oxygen atoms in total. The van der Waals surface area contributed by atoms with E-state index >= 15 is 0 Å². The fourth-order valence-corrected chi connectivity index (χ4v) is 6.27. The first-order valence-electron chi connectivity index (χ1n) is 9.70. The van der Waals surface area contributed by atoms with Crippen LogP contribution >= 0.6 is 0 Å². The van der Waals surface area contributed by atoms with Gasteiger partial charge in [0.1, 0.15) is 11.4 Å². The molecular weight excluding hydrogens is 308 g/mol. The summed E-state index contributed by atoms with van der Waals surface area (Å²) < 4.78 is 6.78. The van der Waals surface area contributed by atoms with Crippen LogP contribution < -0.4 is 10.6 Å². The molecule has 0 amide bonds. The summed E-state index contributed by atoms with van der Waals surface area (Å²) in [7, 11) is 0. The molecular formula is C22H28N2O. The highest BCUT2D eigenvalue weighted by molar-refractivity contribution is 5.67. The van der Waals surface area contributed by atoms with Gasteiger partial charge in [-0.3, -0.25) is 0 Å². The Morgan fingerprint density at radius 2 is 2.04 bits per heavy atom. The molecule has 0 bridgehead atoms. The van der Waals surface area contributed by atoms with Gasteiger partial charge in [0, 0.05) is 17.6 Å². The Hall–Kier alpha value is -1.74. The standard InChI is InChI=1S/C22H28N2O/c1-14(23)24-18-10-6-5-9-17(18)21(2)20(24)13-12-16-15-8-4-7-11-19(15)25-22(16,21)3/h5-7,9-11,14,16,20H,4,8,12-13,23H2,1-3H3.